The molecule has 0 unspecified atom stereocenters. The fourth-order valence-electron chi connectivity index (χ4n) is 3.35. The largest absolute Gasteiger partial charge is 0.453 e. The number of carbonyl (C=O) groups excluding carboxylic acids is 1. The molecule has 0 saturated carbocycles. The van der Waals surface area contributed by atoms with Crippen molar-refractivity contribution >= 4 is 17.4 Å². The number of likely N-dealkylation sites (N-methyl/N-ethyl adjacent to an activating group) is 1. The average Bonchev–Trinajstić information content (AvgIpc) is 2.95. The van der Waals surface area contributed by atoms with Crippen LogP contribution in [-0.2, 0) is 11.0 Å². The summed E-state index contributed by atoms with van der Waals surface area (Å²) in [6.45, 7) is 8.24. The van der Waals surface area contributed by atoms with Crippen LogP contribution in [0.2, 0.25) is 0 Å². The maximum Gasteiger partial charge on any atom is 0.453 e. The van der Waals surface area contributed by atoms with Crippen LogP contribution in [0, 0.1) is 0 Å². The number of aromatic nitrogens is 4. The van der Waals surface area contributed by atoms with E-state index in [0.29, 0.717) is 45.1 Å². The van der Waals surface area contributed by atoms with E-state index < -0.39 is 12.0 Å². The minimum atomic E-state index is -4.62. The molecular formula is C17H24F3N7O. The molecule has 2 aromatic rings. The lowest BCUT2D eigenvalue weighted by Crippen LogP contribution is -2.41. The van der Waals surface area contributed by atoms with Crippen molar-refractivity contribution in [2.45, 2.75) is 26.4 Å². The van der Waals surface area contributed by atoms with Gasteiger partial charge >= 0.3 is 6.18 Å². The van der Waals surface area contributed by atoms with Crippen molar-refractivity contribution in [1.82, 2.24) is 29.6 Å². The third-order valence-corrected chi connectivity index (χ3v) is 4.89. The maximum absolute atomic E-state index is 13.1. The Labute approximate surface area is 160 Å². The summed E-state index contributed by atoms with van der Waals surface area (Å²) in [7, 11) is 0. The molecule has 2 aromatic heterocycles. The smallest absolute Gasteiger partial charge is 0.354 e. The second kappa shape index (κ2) is 8.29. The first-order valence-electron chi connectivity index (χ1n) is 9.38. The van der Waals surface area contributed by atoms with E-state index in [1.54, 1.807) is 11.0 Å². The summed E-state index contributed by atoms with van der Waals surface area (Å²) in [4.78, 5) is 18.1. The highest BCUT2D eigenvalue weighted by Crippen LogP contribution is 2.28. The van der Waals surface area contributed by atoms with E-state index in [4.69, 9.17) is 0 Å². The number of hydrogen-bond donors (Lipinski definition) is 0. The molecule has 1 amide bonds. The zero-order valence-electron chi connectivity index (χ0n) is 16.0. The van der Waals surface area contributed by atoms with Crippen LogP contribution in [0.25, 0.3) is 5.65 Å². The van der Waals surface area contributed by atoms with Crippen molar-refractivity contribution in [2.24, 2.45) is 0 Å². The van der Waals surface area contributed by atoms with E-state index in [0.717, 1.165) is 17.5 Å². The maximum atomic E-state index is 13.1. The van der Waals surface area contributed by atoms with Gasteiger partial charge in [0.05, 0.1) is 6.54 Å². The second-order valence-electron chi connectivity index (χ2n) is 6.67. The number of fused-ring (bicyclic) bond motifs is 1. The molecule has 0 radical (unpaired) electrons. The fourth-order valence-corrected chi connectivity index (χ4v) is 3.35. The van der Waals surface area contributed by atoms with E-state index in [1.807, 2.05) is 18.7 Å². The van der Waals surface area contributed by atoms with Crippen LogP contribution in [0.3, 0.4) is 0 Å². The van der Waals surface area contributed by atoms with E-state index in [-0.39, 0.29) is 11.6 Å². The molecule has 1 aliphatic rings. The molecule has 8 nitrogen and oxygen atoms in total. The fraction of sp³-hybridized carbons (Fsp3) is 0.647. The monoisotopic (exact) mass is 399 g/mol. The van der Waals surface area contributed by atoms with Gasteiger partial charge in [0.1, 0.15) is 5.82 Å². The van der Waals surface area contributed by atoms with Gasteiger partial charge in [-0.15, -0.1) is 15.3 Å². The summed E-state index contributed by atoms with van der Waals surface area (Å²) in [5.41, 5.74) is 0.0531. The third-order valence-electron chi connectivity index (χ3n) is 4.89. The topological polar surface area (TPSA) is 69.9 Å². The van der Waals surface area contributed by atoms with Crippen molar-refractivity contribution in [3.63, 3.8) is 0 Å². The molecule has 0 N–H and O–H groups in total. The Morgan fingerprint density at radius 1 is 1.11 bits per heavy atom. The van der Waals surface area contributed by atoms with Gasteiger partial charge in [0.25, 0.3) is 5.82 Å². The van der Waals surface area contributed by atoms with Crippen LogP contribution >= 0.6 is 0 Å². The lowest BCUT2D eigenvalue weighted by molar-refractivity contribution is -0.146. The highest BCUT2D eigenvalue weighted by molar-refractivity contribution is 5.78. The number of rotatable bonds is 5. The third kappa shape index (κ3) is 4.34. The zero-order chi connectivity index (χ0) is 20.3. The van der Waals surface area contributed by atoms with Gasteiger partial charge in [-0.3, -0.25) is 9.69 Å². The zero-order valence-corrected chi connectivity index (χ0v) is 16.0. The SMILES string of the molecule is CCN(CC)C(=O)CN1CCCN(c2ccc3nnc(C(F)(F)F)n3n2)CC1. The first-order valence-corrected chi connectivity index (χ1v) is 9.38. The molecule has 1 saturated heterocycles. The number of amides is 1. The first kappa shape index (κ1) is 20.3. The van der Waals surface area contributed by atoms with E-state index in [1.165, 1.54) is 6.07 Å². The Bertz CT molecular complexity index is 819. The van der Waals surface area contributed by atoms with Gasteiger partial charge in [-0.05, 0) is 32.4 Å². The normalized spacial score (nSPS) is 16.4. The lowest BCUT2D eigenvalue weighted by atomic mass is 10.3. The summed E-state index contributed by atoms with van der Waals surface area (Å²) < 4.78 is 39.9. The highest BCUT2D eigenvalue weighted by atomic mass is 19.4. The Morgan fingerprint density at radius 2 is 1.86 bits per heavy atom. The predicted octanol–water partition coefficient (Wildman–Crippen LogP) is 1.52. The summed E-state index contributed by atoms with van der Waals surface area (Å²) in [6, 6.07) is 3.14. The van der Waals surface area contributed by atoms with Gasteiger partial charge in [0.2, 0.25) is 5.91 Å². The number of anilines is 1. The summed E-state index contributed by atoms with van der Waals surface area (Å²) in [5.74, 6) is -0.599. The van der Waals surface area contributed by atoms with Gasteiger partial charge in [-0.1, -0.05) is 0 Å². The number of halogens is 3. The van der Waals surface area contributed by atoms with Crippen molar-refractivity contribution in [3.8, 4) is 0 Å². The number of nitrogens with zero attached hydrogens (tertiary/aromatic N) is 7. The van der Waals surface area contributed by atoms with Crippen molar-refractivity contribution in [3.05, 3.63) is 18.0 Å². The molecule has 0 spiro atoms. The molecule has 0 aliphatic carbocycles. The molecule has 0 atom stereocenters. The Kier molecular flexibility index (Phi) is 6.01. The minimum Gasteiger partial charge on any atom is -0.354 e. The van der Waals surface area contributed by atoms with Gasteiger partial charge in [0, 0.05) is 39.3 Å². The van der Waals surface area contributed by atoms with Crippen molar-refractivity contribution in [2.75, 3.05) is 50.7 Å². The Balaban J connectivity index is 1.71. The van der Waals surface area contributed by atoms with Crippen LogP contribution < -0.4 is 4.90 Å². The molecule has 3 rings (SSSR count). The van der Waals surface area contributed by atoms with Gasteiger partial charge < -0.3 is 9.80 Å². The van der Waals surface area contributed by atoms with Crippen LogP contribution in [-0.4, -0.2) is 81.3 Å². The molecule has 1 fully saturated rings. The molecule has 1 aliphatic heterocycles. The van der Waals surface area contributed by atoms with Gasteiger partial charge in [-0.25, -0.2) is 0 Å². The molecule has 0 aromatic carbocycles. The van der Waals surface area contributed by atoms with Crippen LogP contribution in [0.5, 0.6) is 0 Å². The van der Waals surface area contributed by atoms with Gasteiger partial charge in [-0.2, -0.15) is 17.7 Å². The highest BCUT2D eigenvalue weighted by Gasteiger charge is 2.37. The Hall–Kier alpha value is -2.43. The van der Waals surface area contributed by atoms with Crippen molar-refractivity contribution in [1.29, 1.82) is 0 Å². The number of hydrogen-bond acceptors (Lipinski definition) is 6. The first-order chi connectivity index (χ1) is 13.3. The lowest BCUT2D eigenvalue weighted by Gasteiger charge is -2.25. The summed E-state index contributed by atoms with van der Waals surface area (Å²) in [5, 5.41) is 10.8. The van der Waals surface area contributed by atoms with Crippen molar-refractivity contribution < 1.29 is 18.0 Å². The summed E-state index contributed by atoms with van der Waals surface area (Å²) in [6.07, 6.45) is -3.83. The average molecular weight is 399 g/mol. The van der Waals surface area contributed by atoms with Crippen LogP contribution in [0.15, 0.2) is 12.1 Å². The molecule has 0 bridgehead atoms. The predicted molar refractivity (Wildman–Crippen MR) is 97.0 cm³/mol. The van der Waals surface area contributed by atoms with E-state index >= 15 is 0 Å². The quantitative estimate of drug-likeness (QED) is 0.760. The number of alkyl halides is 3. The second-order valence-corrected chi connectivity index (χ2v) is 6.67. The van der Waals surface area contributed by atoms with Gasteiger partial charge in [0.15, 0.2) is 5.65 Å². The number of carbonyl (C=O) groups is 1. The van der Waals surface area contributed by atoms with E-state index in [2.05, 4.69) is 20.2 Å². The van der Waals surface area contributed by atoms with Crippen LogP contribution in [0.1, 0.15) is 26.1 Å². The molecule has 3 heterocycles. The molecule has 11 heteroatoms. The molecule has 28 heavy (non-hydrogen) atoms. The Morgan fingerprint density at radius 3 is 2.54 bits per heavy atom. The summed E-state index contributed by atoms with van der Waals surface area (Å²) >= 11 is 0. The van der Waals surface area contributed by atoms with E-state index in [9.17, 15) is 18.0 Å². The standard InChI is InChI=1S/C17H24F3N7O/c1-3-25(4-2)15(28)12-24-8-5-9-26(11-10-24)14-7-6-13-21-22-16(17(18,19)20)27(13)23-14/h6-7H,3-5,8-12H2,1-2H3. The molecular weight excluding hydrogens is 375 g/mol. The minimum absolute atomic E-state index is 0.0531. The molecule has 154 valence electrons. The van der Waals surface area contributed by atoms with Crippen LogP contribution in [0.4, 0.5) is 19.0 Å².